The molecule has 0 aliphatic carbocycles. The Bertz CT molecular complexity index is 732. The molecule has 23 heavy (non-hydrogen) atoms. The minimum absolute atomic E-state index is 0.119. The first-order valence-electron chi connectivity index (χ1n) is 7.99. The first kappa shape index (κ1) is 14.1. The molecule has 1 saturated heterocycles. The molecule has 0 bridgehead atoms. The molecule has 2 aromatic rings. The largest absolute Gasteiger partial charge is 0.488 e. The SMILES string of the molecule is CC1CCN(C(=O)Nc2noc3c2COc2ccccc2-3)CC1. The summed E-state index contributed by atoms with van der Waals surface area (Å²) < 4.78 is 11.2. The fourth-order valence-electron chi connectivity index (χ4n) is 3.07. The van der Waals surface area contributed by atoms with E-state index in [2.05, 4.69) is 17.4 Å². The Balaban J connectivity index is 1.54. The highest BCUT2D eigenvalue weighted by Gasteiger charge is 2.28. The van der Waals surface area contributed by atoms with Gasteiger partial charge < -0.3 is 14.2 Å². The summed E-state index contributed by atoms with van der Waals surface area (Å²) in [6, 6.07) is 7.55. The number of ether oxygens (including phenoxy) is 1. The van der Waals surface area contributed by atoms with Gasteiger partial charge in [-0.3, -0.25) is 5.32 Å². The fourth-order valence-corrected chi connectivity index (χ4v) is 3.07. The fraction of sp³-hybridized carbons (Fsp3) is 0.412. The van der Waals surface area contributed by atoms with E-state index < -0.39 is 0 Å². The van der Waals surface area contributed by atoms with Crippen molar-refractivity contribution in [1.29, 1.82) is 0 Å². The number of hydrogen-bond acceptors (Lipinski definition) is 4. The number of aromatic nitrogens is 1. The molecule has 3 heterocycles. The number of fused-ring (bicyclic) bond motifs is 3. The van der Waals surface area contributed by atoms with E-state index in [4.69, 9.17) is 9.26 Å². The average molecular weight is 313 g/mol. The number of carbonyl (C=O) groups is 1. The van der Waals surface area contributed by atoms with Crippen molar-refractivity contribution in [3.63, 3.8) is 0 Å². The molecule has 120 valence electrons. The Kier molecular flexibility index (Phi) is 3.44. The minimum Gasteiger partial charge on any atom is -0.488 e. The Morgan fingerprint density at radius 3 is 2.91 bits per heavy atom. The van der Waals surface area contributed by atoms with Crippen molar-refractivity contribution in [2.45, 2.75) is 26.4 Å². The number of amides is 2. The maximum Gasteiger partial charge on any atom is 0.323 e. The lowest BCUT2D eigenvalue weighted by atomic mass is 10.00. The number of benzene rings is 1. The third-order valence-electron chi connectivity index (χ3n) is 4.59. The van der Waals surface area contributed by atoms with Crippen LogP contribution in [-0.2, 0) is 6.61 Å². The van der Waals surface area contributed by atoms with Crippen molar-refractivity contribution in [1.82, 2.24) is 10.1 Å². The van der Waals surface area contributed by atoms with Crippen LogP contribution in [0.25, 0.3) is 11.3 Å². The van der Waals surface area contributed by atoms with Gasteiger partial charge in [0.2, 0.25) is 0 Å². The number of para-hydroxylation sites is 1. The lowest BCUT2D eigenvalue weighted by molar-refractivity contribution is 0.186. The maximum absolute atomic E-state index is 12.4. The van der Waals surface area contributed by atoms with Crippen molar-refractivity contribution < 1.29 is 14.1 Å². The summed E-state index contributed by atoms with van der Waals surface area (Å²) in [5.41, 5.74) is 1.66. The van der Waals surface area contributed by atoms with E-state index >= 15 is 0 Å². The highest BCUT2D eigenvalue weighted by molar-refractivity contribution is 5.90. The molecule has 0 atom stereocenters. The monoisotopic (exact) mass is 313 g/mol. The van der Waals surface area contributed by atoms with Gasteiger partial charge >= 0.3 is 6.03 Å². The van der Waals surface area contributed by atoms with E-state index in [1.807, 2.05) is 29.2 Å². The Morgan fingerprint density at radius 2 is 2.09 bits per heavy atom. The van der Waals surface area contributed by atoms with Crippen LogP contribution >= 0.6 is 0 Å². The zero-order valence-corrected chi connectivity index (χ0v) is 13.0. The van der Waals surface area contributed by atoms with Crippen LogP contribution in [0.1, 0.15) is 25.3 Å². The van der Waals surface area contributed by atoms with Gasteiger partial charge in [0.1, 0.15) is 12.4 Å². The minimum atomic E-state index is -0.119. The number of hydrogen-bond donors (Lipinski definition) is 1. The van der Waals surface area contributed by atoms with Crippen LogP contribution in [-0.4, -0.2) is 29.2 Å². The van der Waals surface area contributed by atoms with Crippen molar-refractivity contribution in [2.75, 3.05) is 18.4 Å². The van der Waals surface area contributed by atoms with Crippen LogP contribution in [0.5, 0.6) is 5.75 Å². The zero-order valence-electron chi connectivity index (χ0n) is 13.0. The summed E-state index contributed by atoms with van der Waals surface area (Å²) in [5.74, 6) is 2.59. The zero-order chi connectivity index (χ0) is 15.8. The molecule has 0 radical (unpaired) electrons. The van der Waals surface area contributed by atoms with E-state index in [0.29, 0.717) is 24.1 Å². The van der Waals surface area contributed by atoms with Crippen LogP contribution in [0.2, 0.25) is 0 Å². The van der Waals surface area contributed by atoms with Crippen LogP contribution in [0.15, 0.2) is 28.8 Å². The number of carbonyl (C=O) groups excluding carboxylic acids is 1. The van der Waals surface area contributed by atoms with E-state index in [0.717, 1.165) is 42.8 Å². The molecule has 1 aromatic carbocycles. The van der Waals surface area contributed by atoms with Gasteiger partial charge in [0.25, 0.3) is 0 Å². The highest BCUT2D eigenvalue weighted by atomic mass is 16.5. The summed E-state index contributed by atoms with van der Waals surface area (Å²) in [6.07, 6.45) is 2.08. The van der Waals surface area contributed by atoms with Gasteiger partial charge in [-0.25, -0.2) is 4.79 Å². The van der Waals surface area contributed by atoms with Crippen molar-refractivity contribution >= 4 is 11.8 Å². The number of rotatable bonds is 1. The maximum atomic E-state index is 12.4. The number of nitrogens with one attached hydrogen (secondary N) is 1. The van der Waals surface area contributed by atoms with Crippen LogP contribution in [0.3, 0.4) is 0 Å². The third kappa shape index (κ3) is 2.54. The molecular weight excluding hydrogens is 294 g/mol. The van der Waals surface area contributed by atoms with Gasteiger partial charge in [0, 0.05) is 13.1 Å². The molecule has 1 N–H and O–H groups in total. The first-order valence-corrected chi connectivity index (χ1v) is 7.99. The normalized spacial score (nSPS) is 17.2. The number of piperidine rings is 1. The number of likely N-dealkylation sites (tertiary alicyclic amines) is 1. The molecular formula is C17H19N3O3. The van der Waals surface area contributed by atoms with Gasteiger partial charge in [0.15, 0.2) is 11.6 Å². The molecule has 0 spiro atoms. The van der Waals surface area contributed by atoms with Gasteiger partial charge in [-0.2, -0.15) is 0 Å². The third-order valence-corrected chi connectivity index (χ3v) is 4.59. The molecule has 4 rings (SSSR count). The molecule has 1 aromatic heterocycles. The quantitative estimate of drug-likeness (QED) is 0.875. The Hall–Kier alpha value is -2.50. The van der Waals surface area contributed by atoms with Crippen LogP contribution in [0, 0.1) is 5.92 Å². The predicted octanol–water partition coefficient (Wildman–Crippen LogP) is 3.50. The van der Waals surface area contributed by atoms with Gasteiger partial charge in [-0.05, 0) is 30.9 Å². The molecule has 6 nitrogen and oxygen atoms in total. The molecule has 1 fully saturated rings. The van der Waals surface area contributed by atoms with Crippen LogP contribution < -0.4 is 10.1 Å². The molecule has 2 aliphatic rings. The second-order valence-corrected chi connectivity index (χ2v) is 6.22. The summed E-state index contributed by atoms with van der Waals surface area (Å²) in [4.78, 5) is 14.2. The number of nitrogens with zero attached hydrogens (tertiary/aromatic N) is 2. The van der Waals surface area contributed by atoms with E-state index in [9.17, 15) is 4.79 Å². The van der Waals surface area contributed by atoms with Gasteiger partial charge in [-0.1, -0.05) is 24.2 Å². The smallest absolute Gasteiger partial charge is 0.323 e. The first-order chi connectivity index (χ1) is 11.2. The van der Waals surface area contributed by atoms with Gasteiger partial charge in [-0.15, -0.1) is 0 Å². The lowest BCUT2D eigenvalue weighted by Gasteiger charge is -2.30. The van der Waals surface area contributed by atoms with Crippen molar-refractivity contribution in [3.8, 4) is 17.1 Å². The summed E-state index contributed by atoms with van der Waals surface area (Å²) in [7, 11) is 0. The second-order valence-electron chi connectivity index (χ2n) is 6.22. The predicted molar refractivity (Wildman–Crippen MR) is 85.3 cm³/mol. The van der Waals surface area contributed by atoms with Crippen molar-refractivity contribution in [3.05, 3.63) is 29.8 Å². The Morgan fingerprint density at radius 1 is 1.30 bits per heavy atom. The molecule has 2 aliphatic heterocycles. The number of urea groups is 1. The highest BCUT2D eigenvalue weighted by Crippen LogP contribution is 2.40. The summed E-state index contributed by atoms with van der Waals surface area (Å²) in [6.45, 7) is 4.14. The van der Waals surface area contributed by atoms with E-state index in [1.54, 1.807) is 0 Å². The van der Waals surface area contributed by atoms with Crippen LogP contribution in [0.4, 0.5) is 10.6 Å². The second kappa shape index (κ2) is 5.61. The van der Waals surface area contributed by atoms with Crippen molar-refractivity contribution in [2.24, 2.45) is 5.92 Å². The Labute approximate surface area is 134 Å². The summed E-state index contributed by atoms with van der Waals surface area (Å²) in [5, 5.41) is 6.90. The lowest BCUT2D eigenvalue weighted by Crippen LogP contribution is -2.40. The van der Waals surface area contributed by atoms with E-state index in [1.165, 1.54) is 0 Å². The standard InChI is InChI=1S/C17H19N3O3/c1-11-6-8-20(9-7-11)17(21)18-16-13-10-22-14-5-3-2-4-12(14)15(13)23-19-16/h2-5,11H,6-10H2,1H3,(H,18,19,21). The number of anilines is 1. The van der Waals surface area contributed by atoms with Gasteiger partial charge in [0.05, 0.1) is 11.1 Å². The summed E-state index contributed by atoms with van der Waals surface area (Å²) >= 11 is 0. The molecule has 6 heteroatoms. The molecule has 0 saturated carbocycles. The molecule has 0 unspecified atom stereocenters. The molecule has 2 amide bonds. The van der Waals surface area contributed by atoms with E-state index in [-0.39, 0.29) is 6.03 Å². The average Bonchev–Trinajstić information content (AvgIpc) is 2.99. The topological polar surface area (TPSA) is 67.6 Å².